The lowest BCUT2D eigenvalue weighted by atomic mass is 10.1. The van der Waals surface area contributed by atoms with Crippen LogP contribution in [0.15, 0.2) is 42.5 Å². The van der Waals surface area contributed by atoms with Crippen molar-refractivity contribution in [2.24, 2.45) is 0 Å². The topological polar surface area (TPSA) is 166 Å². The number of imide groups is 1. The first-order valence-corrected chi connectivity index (χ1v) is 15.0. The van der Waals surface area contributed by atoms with Crippen LogP contribution in [0.1, 0.15) is 68.2 Å². The Hall–Kier alpha value is -3.84. The van der Waals surface area contributed by atoms with E-state index in [1.165, 1.54) is 11.0 Å². The number of aryl methyl sites for hydroxylation is 1. The van der Waals surface area contributed by atoms with Gasteiger partial charge in [0, 0.05) is 37.9 Å². The summed E-state index contributed by atoms with van der Waals surface area (Å²) < 4.78 is 10.2. The van der Waals surface area contributed by atoms with Crippen LogP contribution in [0.2, 0.25) is 0 Å². The van der Waals surface area contributed by atoms with Crippen molar-refractivity contribution in [1.29, 1.82) is 0 Å². The maximum absolute atomic E-state index is 12.7. The molecule has 0 bridgehead atoms. The SMILES string of the molecule is CC(=O)OC(=O)CN1C(=O)CN(c2cccc(CCCCOCCCCCCNC[C@@H](O)c3ccc(O)c(CO)c3)c2)C1=O. The number of ether oxygens (including phenoxy) is 2. The molecule has 1 fully saturated rings. The van der Waals surface area contributed by atoms with Crippen LogP contribution in [0.3, 0.4) is 0 Å². The lowest BCUT2D eigenvalue weighted by molar-refractivity contribution is -0.159. The fraction of sp³-hybridized carbons (Fsp3) is 0.500. The Morgan fingerprint density at radius 2 is 1.75 bits per heavy atom. The maximum Gasteiger partial charge on any atom is 0.333 e. The van der Waals surface area contributed by atoms with Crippen molar-refractivity contribution in [3.05, 3.63) is 59.2 Å². The van der Waals surface area contributed by atoms with Gasteiger partial charge in [-0.2, -0.15) is 0 Å². The average molecular weight is 614 g/mol. The standard InChI is InChI=1S/C32H43N3O9/c1-23(37)44-31(41)21-35-30(40)20-34(32(35)42)27-11-8-10-24(17-27)9-4-7-16-43-15-6-3-2-5-14-33-19-29(39)25-12-13-28(38)26(18-25)22-36/h8,10-13,17-18,29,33,36,38-39H,2-7,9,14-16,19-22H2,1H3/t29-/m1/s1. The zero-order valence-electron chi connectivity index (χ0n) is 25.2. The van der Waals surface area contributed by atoms with Crippen LogP contribution in [-0.2, 0) is 36.9 Å². The van der Waals surface area contributed by atoms with Crippen LogP contribution in [0.4, 0.5) is 10.5 Å². The summed E-state index contributed by atoms with van der Waals surface area (Å²) >= 11 is 0. The Labute approximate surface area is 257 Å². The van der Waals surface area contributed by atoms with E-state index in [0.29, 0.717) is 36.6 Å². The van der Waals surface area contributed by atoms with Gasteiger partial charge in [0.1, 0.15) is 18.8 Å². The number of unbranched alkanes of at least 4 members (excludes halogenated alkanes) is 4. The van der Waals surface area contributed by atoms with Gasteiger partial charge in [0.15, 0.2) is 0 Å². The molecule has 0 saturated carbocycles. The van der Waals surface area contributed by atoms with Gasteiger partial charge < -0.3 is 30.1 Å². The molecule has 4 N–H and O–H groups in total. The van der Waals surface area contributed by atoms with E-state index in [4.69, 9.17) is 4.74 Å². The molecule has 1 aliphatic rings. The van der Waals surface area contributed by atoms with E-state index in [1.54, 1.807) is 18.2 Å². The Morgan fingerprint density at radius 1 is 1.00 bits per heavy atom. The van der Waals surface area contributed by atoms with Crippen molar-refractivity contribution < 1.29 is 44.0 Å². The van der Waals surface area contributed by atoms with Crippen LogP contribution in [0, 0.1) is 0 Å². The molecule has 2 aromatic carbocycles. The fourth-order valence-corrected chi connectivity index (χ4v) is 4.84. The highest BCUT2D eigenvalue weighted by Crippen LogP contribution is 2.24. The maximum atomic E-state index is 12.7. The molecular weight excluding hydrogens is 570 g/mol. The zero-order valence-corrected chi connectivity index (χ0v) is 25.2. The largest absolute Gasteiger partial charge is 0.508 e. The number of anilines is 1. The molecule has 0 unspecified atom stereocenters. The summed E-state index contributed by atoms with van der Waals surface area (Å²) in [6.07, 6.45) is 5.97. The summed E-state index contributed by atoms with van der Waals surface area (Å²) in [4.78, 5) is 49.8. The van der Waals surface area contributed by atoms with Gasteiger partial charge in [-0.25, -0.2) is 9.59 Å². The smallest absolute Gasteiger partial charge is 0.333 e. The quantitative estimate of drug-likeness (QED) is 0.0801. The van der Waals surface area contributed by atoms with Crippen molar-refractivity contribution in [1.82, 2.24) is 10.2 Å². The Bertz CT molecular complexity index is 1270. The van der Waals surface area contributed by atoms with Gasteiger partial charge in [0.2, 0.25) is 0 Å². The number of aliphatic hydroxyl groups is 2. The fourth-order valence-electron chi connectivity index (χ4n) is 4.84. The van der Waals surface area contributed by atoms with E-state index >= 15 is 0 Å². The molecule has 3 rings (SSSR count). The van der Waals surface area contributed by atoms with E-state index < -0.39 is 36.5 Å². The summed E-state index contributed by atoms with van der Waals surface area (Å²) in [6.45, 7) is 2.58. The molecule has 1 aliphatic heterocycles. The van der Waals surface area contributed by atoms with Crippen LogP contribution in [-0.4, -0.2) is 83.5 Å². The van der Waals surface area contributed by atoms with Crippen LogP contribution < -0.4 is 10.2 Å². The molecule has 0 aliphatic carbocycles. The van der Waals surface area contributed by atoms with Crippen LogP contribution >= 0.6 is 0 Å². The van der Waals surface area contributed by atoms with E-state index in [1.807, 2.05) is 18.2 Å². The molecule has 240 valence electrons. The number of aliphatic hydroxyl groups excluding tert-OH is 2. The first kappa shape index (κ1) is 34.6. The molecule has 0 spiro atoms. The van der Waals surface area contributed by atoms with Crippen molar-refractivity contribution in [3.8, 4) is 5.75 Å². The number of nitrogens with zero attached hydrogens (tertiary/aromatic N) is 2. The monoisotopic (exact) mass is 613 g/mol. The molecular formula is C32H43N3O9. The number of carbonyl (C=O) groups excluding carboxylic acids is 4. The Kier molecular flexibility index (Phi) is 14.2. The van der Waals surface area contributed by atoms with E-state index in [2.05, 4.69) is 10.1 Å². The highest BCUT2D eigenvalue weighted by molar-refractivity contribution is 6.13. The second kappa shape index (κ2) is 18.1. The molecule has 0 radical (unpaired) electrons. The molecule has 3 amide bonds. The highest BCUT2D eigenvalue weighted by atomic mass is 16.6. The van der Waals surface area contributed by atoms with Gasteiger partial charge in [-0.05, 0) is 74.0 Å². The van der Waals surface area contributed by atoms with Crippen molar-refractivity contribution in [3.63, 3.8) is 0 Å². The van der Waals surface area contributed by atoms with Gasteiger partial charge >= 0.3 is 18.0 Å². The highest BCUT2D eigenvalue weighted by Gasteiger charge is 2.38. The van der Waals surface area contributed by atoms with Gasteiger partial charge in [-0.1, -0.05) is 31.0 Å². The van der Waals surface area contributed by atoms with Crippen LogP contribution in [0.25, 0.3) is 0 Å². The Balaban J connectivity index is 1.22. The first-order chi connectivity index (χ1) is 21.2. The third kappa shape index (κ3) is 11.0. The zero-order chi connectivity index (χ0) is 31.9. The molecule has 44 heavy (non-hydrogen) atoms. The van der Waals surface area contributed by atoms with Gasteiger partial charge in [0.25, 0.3) is 5.91 Å². The summed E-state index contributed by atoms with van der Waals surface area (Å²) in [5.41, 5.74) is 2.65. The number of rotatable bonds is 19. The van der Waals surface area contributed by atoms with Gasteiger partial charge in [-0.15, -0.1) is 0 Å². The Morgan fingerprint density at radius 3 is 2.50 bits per heavy atom. The molecule has 1 heterocycles. The average Bonchev–Trinajstić information content (AvgIpc) is 3.27. The summed E-state index contributed by atoms with van der Waals surface area (Å²) in [6, 6.07) is 11.5. The molecule has 0 aromatic heterocycles. The number of urea groups is 1. The first-order valence-electron chi connectivity index (χ1n) is 15.0. The molecule has 1 saturated heterocycles. The number of hydrogen-bond donors (Lipinski definition) is 4. The number of phenols is 1. The number of hydrogen-bond acceptors (Lipinski definition) is 10. The van der Waals surface area contributed by atoms with Gasteiger partial charge in [0.05, 0.1) is 12.7 Å². The predicted octanol–water partition coefficient (Wildman–Crippen LogP) is 2.97. The molecule has 12 heteroatoms. The third-order valence-electron chi connectivity index (χ3n) is 7.22. The third-order valence-corrected chi connectivity index (χ3v) is 7.22. The second-order valence-electron chi connectivity index (χ2n) is 10.7. The minimum atomic E-state index is -0.954. The van der Waals surface area contributed by atoms with E-state index in [-0.39, 0.29) is 18.9 Å². The number of benzene rings is 2. The minimum Gasteiger partial charge on any atom is -0.508 e. The number of nitrogens with one attached hydrogen (secondary N) is 1. The number of esters is 2. The number of amides is 3. The number of carbonyl (C=O) groups is 4. The summed E-state index contributed by atoms with van der Waals surface area (Å²) in [5, 5.41) is 32.4. The van der Waals surface area contributed by atoms with E-state index in [0.717, 1.165) is 68.9 Å². The molecule has 2 aromatic rings. The lowest BCUT2D eigenvalue weighted by Crippen LogP contribution is -2.38. The van der Waals surface area contributed by atoms with E-state index in [9.17, 15) is 34.5 Å². The number of aromatic hydroxyl groups is 1. The second-order valence-corrected chi connectivity index (χ2v) is 10.7. The minimum absolute atomic E-state index is 0.0190. The normalized spacial score (nSPS) is 13.9. The molecule has 12 nitrogen and oxygen atoms in total. The summed E-state index contributed by atoms with van der Waals surface area (Å²) in [7, 11) is 0. The lowest BCUT2D eigenvalue weighted by Gasteiger charge is -2.17. The van der Waals surface area contributed by atoms with Crippen molar-refractivity contribution in [2.45, 2.75) is 64.6 Å². The molecule has 1 atom stereocenters. The van der Waals surface area contributed by atoms with Crippen molar-refractivity contribution in [2.75, 3.05) is 44.3 Å². The van der Waals surface area contributed by atoms with Gasteiger partial charge in [-0.3, -0.25) is 19.4 Å². The predicted molar refractivity (Wildman–Crippen MR) is 162 cm³/mol. The summed E-state index contributed by atoms with van der Waals surface area (Å²) in [5.74, 6) is -2.27. The van der Waals surface area contributed by atoms with Crippen LogP contribution in [0.5, 0.6) is 5.75 Å². The van der Waals surface area contributed by atoms with Crippen molar-refractivity contribution >= 4 is 29.6 Å².